The monoisotopic (exact) mass is 402 g/mol. The molecule has 0 heterocycles. The molecule has 3 N–H and O–H groups in total. The molecular formula is C24H34O5. The molecule has 1 unspecified atom stereocenters. The predicted molar refractivity (Wildman–Crippen MR) is 116 cm³/mol. The molecule has 1 aliphatic rings. The van der Waals surface area contributed by atoms with Gasteiger partial charge in [-0.25, -0.2) is 4.79 Å². The topological polar surface area (TPSA) is 94.8 Å². The van der Waals surface area contributed by atoms with Crippen LogP contribution in [0.5, 0.6) is 0 Å². The molecule has 1 rings (SSSR count). The molecular weight excluding hydrogens is 368 g/mol. The first-order valence-electron chi connectivity index (χ1n) is 9.95. The Bertz CT molecular complexity index is 777. The van der Waals surface area contributed by atoms with E-state index in [0.717, 1.165) is 17.6 Å². The molecule has 0 aliphatic heterocycles. The average molecular weight is 403 g/mol. The third-order valence-corrected chi connectivity index (χ3v) is 5.38. The van der Waals surface area contributed by atoms with Gasteiger partial charge < -0.3 is 15.3 Å². The molecule has 0 aromatic rings. The minimum atomic E-state index is -2.30. The Labute approximate surface area is 173 Å². The van der Waals surface area contributed by atoms with Crippen molar-refractivity contribution < 1.29 is 24.9 Å². The van der Waals surface area contributed by atoms with Crippen LogP contribution in [0.15, 0.2) is 58.7 Å². The maximum atomic E-state index is 11.2. The van der Waals surface area contributed by atoms with Gasteiger partial charge in [-0.15, -0.1) is 0 Å². The molecule has 0 amide bonds. The van der Waals surface area contributed by atoms with Gasteiger partial charge in [0.1, 0.15) is 0 Å². The second-order valence-electron chi connectivity index (χ2n) is 8.59. The van der Waals surface area contributed by atoms with Crippen LogP contribution in [0.3, 0.4) is 0 Å². The lowest BCUT2D eigenvalue weighted by atomic mass is 9.72. The molecule has 5 heteroatoms. The summed E-state index contributed by atoms with van der Waals surface area (Å²) in [5.41, 5.74) is 2.59. The number of rotatable bonds is 9. The third-order valence-electron chi connectivity index (χ3n) is 5.38. The maximum Gasteiger partial charge on any atom is 0.336 e. The Kier molecular flexibility index (Phi) is 8.83. The number of carboxylic acids is 2. The summed E-state index contributed by atoms with van der Waals surface area (Å²) in [6.45, 7) is 10.6. The predicted octanol–water partition coefficient (Wildman–Crippen LogP) is 5.20. The minimum absolute atomic E-state index is 0.200. The van der Waals surface area contributed by atoms with E-state index in [-0.39, 0.29) is 11.8 Å². The molecule has 29 heavy (non-hydrogen) atoms. The number of hydrogen-bond acceptors (Lipinski definition) is 3. The third kappa shape index (κ3) is 7.86. The van der Waals surface area contributed by atoms with Crippen LogP contribution in [0.25, 0.3) is 0 Å². The summed E-state index contributed by atoms with van der Waals surface area (Å²) in [6.07, 6.45) is 13.9. The first-order chi connectivity index (χ1) is 13.4. The van der Waals surface area contributed by atoms with E-state index in [4.69, 9.17) is 10.2 Å². The number of aliphatic hydroxyl groups is 1. The summed E-state index contributed by atoms with van der Waals surface area (Å²) >= 11 is 0. The Hall–Kier alpha value is -2.40. The fourth-order valence-electron chi connectivity index (χ4n) is 3.52. The molecule has 0 bridgehead atoms. The quantitative estimate of drug-likeness (QED) is 0.461. The fourth-order valence-corrected chi connectivity index (χ4v) is 3.52. The highest BCUT2D eigenvalue weighted by Gasteiger charge is 2.37. The van der Waals surface area contributed by atoms with Crippen LogP contribution in [0.1, 0.15) is 66.7 Å². The van der Waals surface area contributed by atoms with E-state index >= 15 is 0 Å². The van der Waals surface area contributed by atoms with Gasteiger partial charge in [0.05, 0.1) is 6.42 Å². The molecule has 0 radical (unpaired) electrons. The Balaban J connectivity index is 2.79. The molecule has 5 nitrogen and oxygen atoms in total. The summed E-state index contributed by atoms with van der Waals surface area (Å²) in [6, 6.07) is 0. The van der Waals surface area contributed by atoms with Crippen molar-refractivity contribution in [1.82, 2.24) is 0 Å². The fraction of sp³-hybridized carbons (Fsp3) is 0.500. The Morgan fingerprint density at radius 3 is 2.34 bits per heavy atom. The highest BCUT2D eigenvalue weighted by atomic mass is 16.4. The van der Waals surface area contributed by atoms with Crippen molar-refractivity contribution in [3.8, 4) is 0 Å². The van der Waals surface area contributed by atoms with Crippen LogP contribution in [0.4, 0.5) is 0 Å². The number of carbonyl (C=O) groups is 2. The van der Waals surface area contributed by atoms with Crippen LogP contribution >= 0.6 is 0 Å². The van der Waals surface area contributed by atoms with Crippen LogP contribution in [0.2, 0.25) is 0 Å². The van der Waals surface area contributed by atoms with Crippen LogP contribution in [-0.4, -0.2) is 32.9 Å². The van der Waals surface area contributed by atoms with E-state index in [1.165, 1.54) is 30.1 Å². The highest BCUT2D eigenvalue weighted by molar-refractivity contribution is 5.83. The zero-order valence-electron chi connectivity index (χ0n) is 18.2. The second kappa shape index (κ2) is 10.4. The van der Waals surface area contributed by atoms with Crippen LogP contribution in [0, 0.1) is 5.41 Å². The standard InChI is InChI=1S/C24H34O5/c1-17(11-12-20-19(3)10-7-14-23(20,4)5)8-6-9-18(2)13-15-24(29,22(27)28)16-21(25)26/h6,8-9,11-13,29H,7,10,14-16H2,1-5H3,(H,25,26)(H,27,28)/b9-6?,12-11?,17-8-,18-13?. The average Bonchev–Trinajstić information content (AvgIpc) is 2.58. The smallest absolute Gasteiger partial charge is 0.336 e. The summed E-state index contributed by atoms with van der Waals surface area (Å²) < 4.78 is 0. The van der Waals surface area contributed by atoms with Gasteiger partial charge in [-0.05, 0) is 51.0 Å². The lowest BCUT2D eigenvalue weighted by Gasteiger charge is -2.32. The van der Waals surface area contributed by atoms with Crippen molar-refractivity contribution >= 4 is 11.9 Å². The van der Waals surface area contributed by atoms with Gasteiger partial charge in [-0.3, -0.25) is 4.79 Å². The van der Waals surface area contributed by atoms with Crippen molar-refractivity contribution in [3.63, 3.8) is 0 Å². The zero-order valence-corrected chi connectivity index (χ0v) is 18.2. The summed E-state index contributed by atoms with van der Waals surface area (Å²) in [5, 5.41) is 27.9. The van der Waals surface area contributed by atoms with Crippen molar-refractivity contribution in [3.05, 3.63) is 58.7 Å². The van der Waals surface area contributed by atoms with E-state index < -0.39 is 24.0 Å². The minimum Gasteiger partial charge on any atom is -0.481 e. The second-order valence-corrected chi connectivity index (χ2v) is 8.59. The van der Waals surface area contributed by atoms with Gasteiger partial charge in [0.2, 0.25) is 0 Å². The van der Waals surface area contributed by atoms with E-state index in [1.54, 1.807) is 13.0 Å². The molecule has 160 valence electrons. The van der Waals surface area contributed by atoms with Crippen LogP contribution in [-0.2, 0) is 9.59 Å². The molecule has 1 atom stereocenters. The molecule has 0 fully saturated rings. The van der Waals surface area contributed by atoms with Gasteiger partial charge in [-0.1, -0.05) is 67.0 Å². The number of carboxylic acid groups (broad SMARTS) is 2. The number of aliphatic carboxylic acids is 2. The van der Waals surface area contributed by atoms with Crippen molar-refractivity contribution in [1.29, 1.82) is 0 Å². The lowest BCUT2D eigenvalue weighted by Crippen LogP contribution is -2.40. The Morgan fingerprint density at radius 2 is 1.79 bits per heavy atom. The van der Waals surface area contributed by atoms with Crippen LogP contribution < -0.4 is 0 Å². The molecule has 0 saturated carbocycles. The van der Waals surface area contributed by atoms with E-state index in [0.29, 0.717) is 0 Å². The van der Waals surface area contributed by atoms with Gasteiger partial charge in [-0.2, -0.15) is 0 Å². The SMILES string of the molecule is CC(C=C/C=C(/C)C=CC1=C(C)CCCC1(C)C)=CCC(O)(CC(=O)O)C(=O)O. The van der Waals surface area contributed by atoms with Gasteiger partial charge >= 0.3 is 11.9 Å². The summed E-state index contributed by atoms with van der Waals surface area (Å²) in [7, 11) is 0. The highest BCUT2D eigenvalue weighted by Crippen LogP contribution is 2.40. The van der Waals surface area contributed by atoms with E-state index in [1.807, 2.05) is 19.1 Å². The van der Waals surface area contributed by atoms with Crippen molar-refractivity contribution in [2.45, 2.75) is 72.3 Å². The summed E-state index contributed by atoms with van der Waals surface area (Å²) in [4.78, 5) is 21.9. The maximum absolute atomic E-state index is 11.2. The van der Waals surface area contributed by atoms with Crippen molar-refractivity contribution in [2.24, 2.45) is 5.41 Å². The molecule has 1 aliphatic carbocycles. The molecule has 0 saturated heterocycles. The number of hydrogen-bond donors (Lipinski definition) is 3. The summed E-state index contributed by atoms with van der Waals surface area (Å²) in [5.74, 6) is -2.89. The first-order valence-corrected chi connectivity index (χ1v) is 9.95. The van der Waals surface area contributed by atoms with Gasteiger partial charge in [0.25, 0.3) is 0 Å². The lowest BCUT2D eigenvalue weighted by molar-refractivity contribution is -0.164. The largest absolute Gasteiger partial charge is 0.481 e. The van der Waals surface area contributed by atoms with Gasteiger partial charge in [0.15, 0.2) is 5.60 Å². The first kappa shape index (κ1) is 24.6. The Morgan fingerprint density at radius 1 is 1.14 bits per heavy atom. The zero-order chi connectivity index (χ0) is 22.2. The van der Waals surface area contributed by atoms with E-state index in [9.17, 15) is 14.7 Å². The van der Waals surface area contributed by atoms with Gasteiger partial charge in [0, 0.05) is 6.42 Å². The van der Waals surface area contributed by atoms with Crippen molar-refractivity contribution in [2.75, 3.05) is 0 Å². The van der Waals surface area contributed by atoms with E-state index in [2.05, 4.69) is 32.9 Å². The number of allylic oxidation sites excluding steroid dienone is 9. The normalized spacial score (nSPS) is 20.3. The molecule has 0 spiro atoms. The molecule has 0 aromatic heterocycles. The molecule has 0 aromatic carbocycles.